The normalized spacial score (nSPS) is 19.1. The highest BCUT2D eigenvalue weighted by molar-refractivity contribution is 9.10. The van der Waals surface area contributed by atoms with Gasteiger partial charge in [0.15, 0.2) is 5.78 Å². The van der Waals surface area contributed by atoms with E-state index in [-0.39, 0.29) is 23.3 Å². The molecule has 8 heteroatoms. The Morgan fingerprint density at radius 2 is 1.76 bits per heavy atom. The first-order chi connectivity index (χ1) is 18.4. The summed E-state index contributed by atoms with van der Waals surface area (Å²) in [6, 6.07) is 18.1. The average Bonchev–Trinajstić information content (AvgIpc) is 2.91. The molecule has 1 aliphatic carbocycles. The van der Waals surface area contributed by atoms with Crippen LogP contribution in [0.3, 0.4) is 0 Å². The zero-order chi connectivity index (χ0) is 26.4. The van der Waals surface area contributed by atoms with Crippen molar-refractivity contribution in [3.05, 3.63) is 99.0 Å². The van der Waals surface area contributed by atoms with E-state index < -0.39 is 12.0 Å². The molecule has 2 bridgehead atoms. The number of halogens is 1. The number of Topliss-reactive ketones (excluding diaryl/α,β-unsaturated/α-hetero) is 1. The number of hydrogen-bond acceptors (Lipinski definition) is 5. The van der Waals surface area contributed by atoms with Crippen molar-refractivity contribution >= 4 is 51.0 Å². The van der Waals surface area contributed by atoms with Crippen LogP contribution in [0.5, 0.6) is 0 Å². The average molecular weight is 572 g/mol. The van der Waals surface area contributed by atoms with Crippen LogP contribution in [0.25, 0.3) is 6.08 Å². The lowest BCUT2D eigenvalue weighted by Crippen LogP contribution is -2.51. The second-order valence-corrected chi connectivity index (χ2v) is 10.9. The molecule has 1 unspecified atom stereocenters. The fourth-order valence-electron chi connectivity index (χ4n) is 5.66. The molecule has 6 rings (SSSR count). The minimum atomic E-state index is -1.11. The second kappa shape index (κ2) is 9.85. The van der Waals surface area contributed by atoms with E-state index in [1.165, 1.54) is 22.6 Å². The van der Waals surface area contributed by atoms with Crippen LogP contribution in [-0.4, -0.2) is 52.8 Å². The monoisotopic (exact) mass is 571 g/mol. The van der Waals surface area contributed by atoms with Gasteiger partial charge in [0.2, 0.25) is 0 Å². The first-order valence-corrected chi connectivity index (χ1v) is 13.5. The number of fused-ring (bicyclic) bond motifs is 1. The van der Waals surface area contributed by atoms with Gasteiger partial charge < -0.3 is 10.4 Å². The predicted molar refractivity (Wildman–Crippen MR) is 150 cm³/mol. The van der Waals surface area contributed by atoms with Gasteiger partial charge in [-0.15, -0.1) is 0 Å². The van der Waals surface area contributed by atoms with Gasteiger partial charge in [-0.2, -0.15) is 0 Å². The summed E-state index contributed by atoms with van der Waals surface area (Å²) in [5, 5.41) is 13.1. The number of likely N-dealkylation sites (tertiary alicyclic amines) is 1. The lowest BCUT2D eigenvalue weighted by molar-refractivity contribution is 0.0696. The molecule has 3 aliphatic rings. The lowest BCUT2D eigenvalue weighted by atomic mass is 9.82. The molecular formula is C30H26BrN3O4. The third-order valence-electron chi connectivity index (χ3n) is 7.53. The number of carbonyl (C=O) groups is 3. The van der Waals surface area contributed by atoms with Crippen LogP contribution in [0, 0.1) is 0 Å². The predicted octanol–water partition coefficient (Wildman–Crippen LogP) is 5.46. The fourth-order valence-corrected chi connectivity index (χ4v) is 6.14. The summed E-state index contributed by atoms with van der Waals surface area (Å²) in [6.45, 7) is 2.79. The van der Waals surface area contributed by atoms with E-state index in [4.69, 9.17) is 0 Å². The van der Waals surface area contributed by atoms with Crippen molar-refractivity contribution in [3.8, 4) is 0 Å². The number of amides is 1. The number of aromatic carboxylic acids is 1. The molecule has 7 nitrogen and oxygen atoms in total. The maximum absolute atomic E-state index is 14.0. The number of benzene rings is 3. The summed E-state index contributed by atoms with van der Waals surface area (Å²) in [4.78, 5) is 43.1. The fraction of sp³-hybridized carbons (Fsp3) is 0.233. The Morgan fingerprint density at radius 1 is 1.00 bits per heavy atom. The van der Waals surface area contributed by atoms with Crippen LogP contribution < -0.4 is 10.2 Å². The molecule has 2 aliphatic heterocycles. The molecule has 1 saturated heterocycles. The maximum Gasteiger partial charge on any atom is 0.335 e. The Kier molecular flexibility index (Phi) is 6.37. The number of rotatable bonds is 6. The molecule has 192 valence electrons. The van der Waals surface area contributed by atoms with E-state index in [0.717, 1.165) is 38.0 Å². The van der Waals surface area contributed by atoms with Gasteiger partial charge >= 0.3 is 5.97 Å². The zero-order valence-corrected chi connectivity index (χ0v) is 22.1. The number of nitrogens with one attached hydrogen (secondary N) is 1. The molecule has 1 amide bonds. The molecule has 0 saturated carbocycles. The molecule has 0 spiro atoms. The number of anilines is 2. The van der Waals surface area contributed by atoms with Crippen LogP contribution in [0.15, 0.2) is 71.2 Å². The van der Waals surface area contributed by atoms with Crippen molar-refractivity contribution in [3.63, 3.8) is 0 Å². The van der Waals surface area contributed by atoms with E-state index >= 15 is 0 Å². The Bertz CT molecular complexity index is 1480. The summed E-state index contributed by atoms with van der Waals surface area (Å²) >= 11 is 3.35. The highest BCUT2D eigenvalue weighted by Crippen LogP contribution is 2.39. The summed E-state index contributed by atoms with van der Waals surface area (Å²) in [7, 11) is 0. The Balaban J connectivity index is 1.28. The molecule has 2 heterocycles. The lowest BCUT2D eigenvalue weighted by Gasteiger charge is -2.38. The summed E-state index contributed by atoms with van der Waals surface area (Å²) < 4.78 is 0.521. The highest BCUT2D eigenvalue weighted by atomic mass is 79.9. The first kappa shape index (κ1) is 24.6. The van der Waals surface area contributed by atoms with Crippen LogP contribution in [-0.2, 0) is 6.54 Å². The zero-order valence-electron chi connectivity index (χ0n) is 20.6. The number of ketones is 1. The van der Waals surface area contributed by atoms with Gasteiger partial charge in [0.05, 0.1) is 11.1 Å². The number of piperidine rings is 1. The standard InChI is InChI=1S/C30H26BrN3O4/c31-21-14-20(30(37)38)15-23(16-21)34-25-9-7-19-6-8-24(27(29(34)36)26(19)28(25)35)32-22-10-12-33(13-11-22)17-18-4-2-1-3-5-18/h1-9,14-16,22,25,32H,10-13,17H2,(H,37,38). The molecule has 1 atom stereocenters. The quantitative estimate of drug-likeness (QED) is 0.408. The van der Waals surface area contributed by atoms with E-state index in [0.29, 0.717) is 27.0 Å². The first-order valence-electron chi connectivity index (χ1n) is 12.7. The van der Waals surface area contributed by atoms with E-state index in [1.807, 2.05) is 24.3 Å². The van der Waals surface area contributed by atoms with Gasteiger partial charge in [-0.3, -0.25) is 19.4 Å². The van der Waals surface area contributed by atoms with Crippen molar-refractivity contribution in [1.82, 2.24) is 4.90 Å². The SMILES string of the molecule is O=C(O)c1cc(Br)cc(N2C(=O)c3c(NC4CCN(Cc5ccccc5)CC4)ccc4c3C(=O)C2C=C4)c1. The van der Waals surface area contributed by atoms with Crippen LogP contribution >= 0.6 is 15.9 Å². The van der Waals surface area contributed by atoms with E-state index in [9.17, 15) is 19.5 Å². The third kappa shape index (κ3) is 4.44. The maximum atomic E-state index is 14.0. The van der Waals surface area contributed by atoms with Crippen molar-refractivity contribution < 1.29 is 19.5 Å². The largest absolute Gasteiger partial charge is 0.478 e. The van der Waals surface area contributed by atoms with Crippen molar-refractivity contribution in [1.29, 1.82) is 0 Å². The summed E-state index contributed by atoms with van der Waals surface area (Å²) in [5.41, 5.74) is 3.88. The molecule has 3 aromatic carbocycles. The Hall–Kier alpha value is -3.75. The highest BCUT2D eigenvalue weighted by Gasteiger charge is 2.43. The van der Waals surface area contributed by atoms with Crippen molar-refractivity contribution in [2.75, 3.05) is 23.3 Å². The van der Waals surface area contributed by atoms with E-state index in [2.05, 4.69) is 50.4 Å². The van der Waals surface area contributed by atoms with E-state index in [1.54, 1.807) is 12.1 Å². The Morgan fingerprint density at radius 3 is 2.50 bits per heavy atom. The molecular weight excluding hydrogens is 546 g/mol. The number of hydrogen-bond donors (Lipinski definition) is 2. The van der Waals surface area contributed by atoms with Gasteiger partial charge in [-0.1, -0.05) is 64.5 Å². The molecule has 2 N–H and O–H groups in total. The number of nitrogens with zero attached hydrogens (tertiary/aromatic N) is 2. The molecule has 0 radical (unpaired) electrons. The number of carboxylic acid groups (broad SMARTS) is 1. The summed E-state index contributed by atoms with van der Waals surface area (Å²) in [6.07, 6.45) is 5.42. The van der Waals surface area contributed by atoms with Gasteiger partial charge in [-0.25, -0.2) is 4.79 Å². The van der Waals surface area contributed by atoms with Gasteiger partial charge in [0.25, 0.3) is 5.91 Å². The Labute approximate surface area is 228 Å². The molecule has 0 aromatic heterocycles. The molecule has 3 aromatic rings. The number of carboxylic acids is 1. The van der Waals surface area contributed by atoms with Gasteiger partial charge in [0, 0.05) is 47.1 Å². The minimum Gasteiger partial charge on any atom is -0.478 e. The third-order valence-corrected chi connectivity index (χ3v) is 7.98. The summed E-state index contributed by atoms with van der Waals surface area (Å²) in [5.74, 6) is -1.57. The second-order valence-electron chi connectivity index (χ2n) is 9.98. The van der Waals surface area contributed by atoms with Crippen LogP contribution in [0.2, 0.25) is 0 Å². The van der Waals surface area contributed by atoms with Crippen molar-refractivity contribution in [2.24, 2.45) is 0 Å². The molecule has 38 heavy (non-hydrogen) atoms. The van der Waals surface area contributed by atoms with Gasteiger partial charge in [-0.05, 0) is 48.2 Å². The smallest absolute Gasteiger partial charge is 0.335 e. The van der Waals surface area contributed by atoms with Crippen LogP contribution in [0.1, 0.15) is 55.0 Å². The minimum absolute atomic E-state index is 0.0366. The van der Waals surface area contributed by atoms with Gasteiger partial charge in [0.1, 0.15) is 6.04 Å². The number of carbonyl (C=O) groups excluding carboxylic acids is 2. The topological polar surface area (TPSA) is 89.9 Å². The van der Waals surface area contributed by atoms with Crippen LogP contribution in [0.4, 0.5) is 11.4 Å². The molecule has 1 fully saturated rings. The van der Waals surface area contributed by atoms with Crippen molar-refractivity contribution in [2.45, 2.75) is 31.5 Å².